The summed E-state index contributed by atoms with van der Waals surface area (Å²) < 4.78 is 1.69. The minimum atomic E-state index is -0.401. The maximum atomic E-state index is 11.2. The molecule has 2 N–H and O–H groups in total. The standard InChI is InChI=1S/C15H21N5O3/c1-3-4-23-20(11-21)14-6-13(9-18(2)10-14)19-8-12(7-17-19)5-15(16)22/h3,6-8,11,14H,1,4-5,9-10H2,2H3,(H2,16,22). The lowest BCUT2D eigenvalue weighted by molar-refractivity contribution is -0.177. The molecule has 1 aliphatic rings. The van der Waals surface area contributed by atoms with Crippen LogP contribution in [0.25, 0.3) is 5.70 Å². The first kappa shape index (κ1) is 16.9. The van der Waals surface area contributed by atoms with Gasteiger partial charge in [-0.25, -0.2) is 9.75 Å². The minimum Gasteiger partial charge on any atom is -0.369 e. The highest BCUT2D eigenvalue weighted by atomic mass is 16.7. The molecule has 0 aliphatic carbocycles. The van der Waals surface area contributed by atoms with Gasteiger partial charge in [0.2, 0.25) is 12.3 Å². The van der Waals surface area contributed by atoms with E-state index >= 15 is 0 Å². The molecule has 124 valence electrons. The van der Waals surface area contributed by atoms with Gasteiger partial charge in [-0.05, 0) is 18.7 Å². The average Bonchev–Trinajstić information content (AvgIpc) is 2.95. The number of carbonyl (C=O) groups is 2. The summed E-state index contributed by atoms with van der Waals surface area (Å²) in [5.74, 6) is -0.401. The number of hydroxylamine groups is 2. The van der Waals surface area contributed by atoms with Crippen molar-refractivity contribution in [2.24, 2.45) is 5.73 Å². The molecule has 2 amide bonds. The quantitative estimate of drug-likeness (QED) is 0.401. The van der Waals surface area contributed by atoms with Crippen LogP contribution < -0.4 is 5.73 Å². The number of amides is 2. The van der Waals surface area contributed by atoms with Crippen molar-refractivity contribution in [2.45, 2.75) is 12.5 Å². The summed E-state index contributed by atoms with van der Waals surface area (Å²) in [6.45, 7) is 5.14. The number of likely N-dealkylation sites (N-methyl/N-ethyl adjacent to an activating group) is 1. The van der Waals surface area contributed by atoms with E-state index < -0.39 is 5.91 Å². The Bertz CT molecular complexity index is 610. The van der Waals surface area contributed by atoms with Crippen LogP contribution in [0.15, 0.2) is 31.1 Å². The van der Waals surface area contributed by atoms with Gasteiger partial charge >= 0.3 is 0 Å². The number of carbonyl (C=O) groups excluding carboxylic acids is 2. The van der Waals surface area contributed by atoms with Crippen LogP contribution in [0, 0.1) is 0 Å². The van der Waals surface area contributed by atoms with Gasteiger partial charge < -0.3 is 5.73 Å². The molecule has 8 nitrogen and oxygen atoms in total. The molecule has 1 atom stereocenters. The predicted octanol–water partition coefficient (Wildman–Crippen LogP) is -0.358. The molecular weight excluding hydrogens is 298 g/mol. The van der Waals surface area contributed by atoms with Crippen molar-refractivity contribution >= 4 is 18.0 Å². The molecule has 0 radical (unpaired) electrons. The molecule has 2 rings (SSSR count). The topological polar surface area (TPSA) is 93.7 Å². The van der Waals surface area contributed by atoms with Crippen LogP contribution >= 0.6 is 0 Å². The van der Waals surface area contributed by atoms with E-state index in [4.69, 9.17) is 10.6 Å². The van der Waals surface area contributed by atoms with Crippen LogP contribution in [0.5, 0.6) is 0 Å². The van der Waals surface area contributed by atoms with Crippen LogP contribution in [0.2, 0.25) is 0 Å². The van der Waals surface area contributed by atoms with Gasteiger partial charge in [0.25, 0.3) is 0 Å². The molecular formula is C15H21N5O3. The van der Waals surface area contributed by atoms with Gasteiger partial charge in [-0.3, -0.25) is 19.3 Å². The third kappa shape index (κ3) is 4.51. The van der Waals surface area contributed by atoms with Crippen LogP contribution in [0.4, 0.5) is 0 Å². The van der Waals surface area contributed by atoms with Gasteiger partial charge in [0.15, 0.2) is 0 Å². The Kier molecular flexibility index (Phi) is 5.67. The highest BCUT2D eigenvalue weighted by Crippen LogP contribution is 2.17. The Labute approximate surface area is 134 Å². The number of aromatic nitrogens is 2. The SMILES string of the molecule is C=CCON(C=O)C1C=C(n2cc(CC(N)=O)cn2)CN(C)C1. The van der Waals surface area contributed by atoms with E-state index in [0.717, 1.165) is 11.3 Å². The summed E-state index contributed by atoms with van der Waals surface area (Å²) in [5.41, 5.74) is 6.84. The third-order valence-corrected chi connectivity index (χ3v) is 3.40. The van der Waals surface area contributed by atoms with E-state index in [9.17, 15) is 9.59 Å². The summed E-state index contributed by atoms with van der Waals surface area (Å²) in [7, 11) is 1.95. The molecule has 1 aromatic heterocycles. The highest BCUT2D eigenvalue weighted by Gasteiger charge is 2.24. The summed E-state index contributed by atoms with van der Waals surface area (Å²) in [6, 6.07) is -0.231. The number of hydrogen-bond donors (Lipinski definition) is 1. The van der Waals surface area contributed by atoms with Crippen LogP contribution in [-0.2, 0) is 20.8 Å². The van der Waals surface area contributed by atoms with Gasteiger partial charge in [-0.15, -0.1) is 6.58 Å². The lowest BCUT2D eigenvalue weighted by Gasteiger charge is -2.33. The fourth-order valence-electron chi connectivity index (χ4n) is 2.44. The molecule has 1 aliphatic heterocycles. The Morgan fingerprint density at radius 3 is 3.09 bits per heavy atom. The fourth-order valence-corrected chi connectivity index (χ4v) is 2.44. The maximum absolute atomic E-state index is 11.2. The van der Waals surface area contributed by atoms with Crippen molar-refractivity contribution in [2.75, 3.05) is 26.7 Å². The van der Waals surface area contributed by atoms with Crippen molar-refractivity contribution in [3.63, 3.8) is 0 Å². The van der Waals surface area contributed by atoms with Crippen LogP contribution in [-0.4, -0.2) is 64.8 Å². The van der Waals surface area contributed by atoms with Crippen molar-refractivity contribution in [1.29, 1.82) is 0 Å². The fraction of sp³-hybridized carbons (Fsp3) is 0.400. The molecule has 0 saturated heterocycles. The summed E-state index contributed by atoms with van der Waals surface area (Å²) in [4.78, 5) is 29.6. The third-order valence-electron chi connectivity index (χ3n) is 3.40. The van der Waals surface area contributed by atoms with Crippen molar-refractivity contribution in [1.82, 2.24) is 19.7 Å². The number of nitrogens with two attached hydrogens (primary N) is 1. The first-order valence-electron chi connectivity index (χ1n) is 7.22. The number of primary amides is 1. The lowest BCUT2D eigenvalue weighted by Crippen LogP contribution is -2.45. The van der Waals surface area contributed by atoms with E-state index in [2.05, 4.69) is 16.6 Å². The second-order valence-corrected chi connectivity index (χ2v) is 5.41. The molecule has 0 spiro atoms. The zero-order valence-electron chi connectivity index (χ0n) is 13.1. The van der Waals surface area contributed by atoms with Crippen LogP contribution in [0.3, 0.4) is 0 Å². The second kappa shape index (κ2) is 7.70. The molecule has 0 aromatic carbocycles. The number of rotatable bonds is 8. The largest absolute Gasteiger partial charge is 0.369 e. The van der Waals surface area contributed by atoms with Gasteiger partial charge in [0.05, 0.1) is 31.0 Å². The number of nitrogens with zero attached hydrogens (tertiary/aromatic N) is 4. The van der Waals surface area contributed by atoms with Crippen molar-refractivity contribution < 1.29 is 14.4 Å². The normalized spacial score (nSPS) is 18.3. The zero-order chi connectivity index (χ0) is 16.8. The van der Waals surface area contributed by atoms with Crippen molar-refractivity contribution in [3.8, 4) is 0 Å². The van der Waals surface area contributed by atoms with E-state index in [1.165, 1.54) is 5.06 Å². The first-order chi connectivity index (χ1) is 11.0. The summed E-state index contributed by atoms with van der Waals surface area (Å²) >= 11 is 0. The summed E-state index contributed by atoms with van der Waals surface area (Å²) in [6.07, 6.45) is 7.69. The maximum Gasteiger partial charge on any atom is 0.233 e. The molecule has 8 heteroatoms. The molecule has 2 heterocycles. The van der Waals surface area contributed by atoms with E-state index in [-0.39, 0.29) is 19.1 Å². The van der Waals surface area contributed by atoms with E-state index in [0.29, 0.717) is 19.5 Å². The number of hydrogen-bond acceptors (Lipinski definition) is 5. The van der Waals surface area contributed by atoms with E-state index in [1.807, 2.05) is 13.1 Å². The summed E-state index contributed by atoms with van der Waals surface area (Å²) in [5, 5.41) is 5.53. The van der Waals surface area contributed by atoms with Gasteiger partial charge in [0.1, 0.15) is 0 Å². The average molecular weight is 319 g/mol. The predicted molar refractivity (Wildman–Crippen MR) is 84.7 cm³/mol. The minimum absolute atomic E-state index is 0.148. The molecule has 0 saturated carbocycles. The smallest absolute Gasteiger partial charge is 0.233 e. The molecule has 0 fully saturated rings. The Morgan fingerprint density at radius 1 is 1.65 bits per heavy atom. The van der Waals surface area contributed by atoms with Gasteiger partial charge in [-0.1, -0.05) is 6.08 Å². The first-order valence-corrected chi connectivity index (χ1v) is 7.22. The lowest BCUT2D eigenvalue weighted by atomic mass is 10.1. The molecule has 1 unspecified atom stereocenters. The van der Waals surface area contributed by atoms with Crippen LogP contribution in [0.1, 0.15) is 5.56 Å². The molecule has 0 bridgehead atoms. The Hall–Kier alpha value is -2.45. The zero-order valence-corrected chi connectivity index (χ0v) is 13.1. The molecule has 23 heavy (non-hydrogen) atoms. The van der Waals surface area contributed by atoms with E-state index in [1.54, 1.807) is 23.2 Å². The van der Waals surface area contributed by atoms with Crippen molar-refractivity contribution in [3.05, 3.63) is 36.7 Å². The monoisotopic (exact) mass is 319 g/mol. The van der Waals surface area contributed by atoms with Gasteiger partial charge in [-0.2, -0.15) is 5.10 Å². The Morgan fingerprint density at radius 2 is 2.43 bits per heavy atom. The highest BCUT2D eigenvalue weighted by molar-refractivity contribution is 5.76. The Balaban J connectivity index is 2.19. The molecule has 1 aromatic rings. The van der Waals surface area contributed by atoms with Gasteiger partial charge in [0, 0.05) is 19.3 Å². The second-order valence-electron chi connectivity index (χ2n) is 5.41.